The van der Waals surface area contributed by atoms with Crippen LogP contribution in [0.2, 0.25) is 5.02 Å². The molecule has 206 valence electrons. The highest BCUT2D eigenvalue weighted by molar-refractivity contribution is 6.35. The van der Waals surface area contributed by atoms with Crippen LogP contribution in [0, 0.1) is 17.2 Å². The van der Waals surface area contributed by atoms with Crippen molar-refractivity contribution >= 4 is 46.2 Å². The molecule has 1 atom stereocenters. The average molecular weight is 554 g/mol. The van der Waals surface area contributed by atoms with Crippen LogP contribution in [-0.2, 0) is 11.3 Å². The molecule has 5 N–H and O–H groups in total. The van der Waals surface area contributed by atoms with Crippen molar-refractivity contribution in [1.29, 1.82) is 5.26 Å². The summed E-state index contributed by atoms with van der Waals surface area (Å²) in [6.45, 7) is 6.02. The number of carbonyl (C=O) groups is 1. The van der Waals surface area contributed by atoms with E-state index in [1.165, 1.54) is 4.90 Å². The SMILES string of the molecule is CN(CCCn1c(C(Nc2nc(N)nc(N)c2C#N)C2CC2)nc2cccc(Cl)c2c1=O)C(=O)OC(C)(C)C. The molecule has 0 spiro atoms. The summed E-state index contributed by atoms with van der Waals surface area (Å²) >= 11 is 6.41. The number of anilines is 3. The van der Waals surface area contributed by atoms with Crippen LogP contribution < -0.4 is 22.3 Å². The molecule has 1 aliphatic rings. The molecule has 3 aromatic rings. The van der Waals surface area contributed by atoms with Gasteiger partial charge in [-0.1, -0.05) is 17.7 Å². The van der Waals surface area contributed by atoms with E-state index in [0.717, 1.165) is 12.8 Å². The monoisotopic (exact) mass is 553 g/mol. The molecule has 0 bridgehead atoms. The lowest BCUT2D eigenvalue weighted by molar-refractivity contribution is 0.0295. The Morgan fingerprint density at radius 1 is 1.31 bits per heavy atom. The first-order valence-corrected chi connectivity index (χ1v) is 13.0. The third-order valence-corrected chi connectivity index (χ3v) is 6.59. The summed E-state index contributed by atoms with van der Waals surface area (Å²) in [7, 11) is 1.65. The minimum absolute atomic E-state index is 0.0390. The summed E-state index contributed by atoms with van der Waals surface area (Å²) in [5, 5.41) is 13.6. The molecule has 0 saturated heterocycles. The van der Waals surface area contributed by atoms with Gasteiger partial charge >= 0.3 is 6.09 Å². The molecule has 0 radical (unpaired) electrons. The highest BCUT2D eigenvalue weighted by Crippen LogP contribution is 2.43. The van der Waals surface area contributed by atoms with Crippen molar-refractivity contribution in [3.63, 3.8) is 0 Å². The number of nitrogen functional groups attached to an aromatic ring is 2. The van der Waals surface area contributed by atoms with E-state index in [4.69, 9.17) is 32.8 Å². The fourth-order valence-electron chi connectivity index (χ4n) is 4.27. The minimum Gasteiger partial charge on any atom is -0.444 e. The largest absolute Gasteiger partial charge is 0.444 e. The van der Waals surface area contributed by atoms with E-state index in [2.05, 4.69) is 15.3 Å². The highest BCUT2D eigenvalue weighted by atomic mass is 35.5. The van der Waals surface area contributed by atoms with Crippen molar-refractivity contribution in [1.82, 2.24) is 24.4 Å². The van der Waals surface area contributed by atoms with E-state index in [1.807, 2.05) is 6.07 Å². The molecule has 1 saturated carbocycles. The maximum atomic E-state index is 13.8. The molecule has 12 nitrogen and oxygen atoms in total. The predicted molar refractivity (Wildman–Crippen MR) is 149 cm³/mol. The van der Waals surface area contributed by atoms with Gasteiger partial charge in [0.25, 0.3) is 5.56 Å². The van der Waals surface area contributed by atoms with Crippen LogP contribution >= 0.6 is 11.6 Å². The standard InChI is InChI=1S/C26H32ClN9O3/c1-26(2,3)39-25(38)35(4)11-6-12-36-22(31-17-8-5-7-16(27)18(17)23(36)37)19(14-9-10-14)32-21-15(13-28)20(29)33-24(30)34-21/h5,7-8,14,19H,6,9-12H2,1-4H3,(H5,29,30,32,33,34). The summed E-state index contributed by atoms with van der Waals surface area (Å²) in [6, 6.07) is 6.67. The first-order chi connectivity index (χ1) is 18.4. The number of nitriles is 1. The van der Waals surface area contributed by atoms with Gasteiger partial charge in [0.2, 0.25) is 5.95 Å². The fourth-order valence-corrected chi connectivity index (χ4v) is 4.52. The van der Waals surface area contributed by atoms with Crippen molar-refractivity contribution < 1.29 is 9.53 Å². The van der Waals surface area contributed by atoms with Crippen LogP contribution in [0.25, 0.3) is 10.9 Å². The number of nitrogens with one attached hydrogen (secondary N) is 1. The molecule has 0 aliphatic heterocycles. The Morgan fingerprint density at radius 3 is 2.67 bits per heavy atom. The van der Waals surface area contributed by atoms with Crippen molar-refractivity contribution in [3.8, 4) is 6.07 Å². The average Bonchev–Trinajstić information content (AvgIpc) is 3.67. The molecular weight excluding hydrogens is 522 g/mol. The zero-order chi connectivity index (χ0) is 28.5. The number of nitrogens with zero attached hydrogens (tertiary/aromatic N) is 6. The van der Waals surface area contributed by atoms with E-state index in [0.29, 0.717) is 34.7 Å². The zero-order valence-corrected chi connectivity index (χ0v) is 23.1. The zero-order valence-electron chi connectivity index (χ0n) is 22.4. The van der Waals surface area contributed by atoms with Gasteiger partial charge in [-0.05, 0) is 58.1 Å². The van der Waals surface area contributed by atoms with Crippen molar-refractivity contribution in [2.24, 2.45) is 5.92 Å². The van der Waals surface area contributed by atoms with Gasteiger partial charge in [0.1, 0.15) is 28.9 Å². The number of ether oxygens (including phenoxy) is 1. The Labute approximate surface area is 230 Å². The second-order valence-electron chi connectivity index (χ2n) is 10.6. The lowest BCUT2D eigenvalue weighted by Crippen LogP contribution is -2.36. The second-order valence-corrected chi connectivity index (χ2v) is 11.0. The van der Waals surface area contributed by atoms with Gasteiger partial charge in [-0.2, -0.15) is 15.2 Å². The van der Waals surface area contributed by atoms with Gasteiger partial charge in [0.05, 0.1) is 22.0 Å². The first-order valence-electron chi connectivity index (χ1n) is 12.6. The van der Waals surface area contributed by atoms with Gasteiger partial charge in [-0.15, -0.1) is 0 Å². The number of halogens is 1. The maximum absolute atomic E-state index is 13.8. The molecule has 13 heteroatoms. The Bertz CT molecular complexity index is 1510. The van der Waals surface area contributed by atoms with Gasteiger partial charge in [0.15, 0.2) is 5.82 Å². The Kier molecular flexibility index (Phi) is 7.83. The first kappa shape index (κ1) is 27.9. The van der Waals surface area contributed by atoms with E-state index < -0.39 is 17.7 Å². The Morgan fingerprint density at radius 2 is 2.03 bits per heavy atom. The quantitative estimate of drug-likeness (QED) is 0.372. The van der Waals surface area contributed by atoms with Gasteiger partial charge < -0.3 is 26.4 Å². The van der Waals surface area contributed by atoms with Crippen molar-refractivity contribution in [2.45, 2.75) is 58.2 Å². The summed E-state index contributed by atoms with van der Waals surface area (Å²) in [4.78, 5) is 40.6. The molecule has 2 aromatic heterocycles. The number of aromatic nitrogens is 4. The summed E-state index contributed by atoms with van der Waals surface area (Å²) in [5.74, 6) is 0.660. The summed E-state index contributed by atoms with van der Waals surface area (Å²) < 4.78 is 7.00. The van der Waals surface area contributed by atoms with Crippen molar-refractivity contribution in [2.75, 3.05) is 30.4 Å². The predicted octanol–water partition coefficient (Wildman–Crippen LogP) is 3.70. The summed E-state index contributed by atoms with van der Waals surface area (Å²) in [5.41, 5.74) is 11.3. The van der Waals surface area contributed by atoms with E-state index in [9.17, 15) is 14.9 Å². The number of nitrogens with two attached hydrogens (primary N) is 2. The maximum Gasteiger partial charge on any atom is 0.410 e. The molecule has 1 fully saturated rings. The third-order valence-electron chi connectivity index (χ3n) is 6.27. The van der Waals surface area contributed by atoms with Crippen LogP contribution in [0.1, 0.15) is 57.5 Å². The smallest absolute Gasteiger partial charge is 0.410 e. The highest BCUT2D eigenvalue weighted by Gasteiger charge is 2.37. The Hall–Kier alpha value is -4.11. The van der Waals surface area contributed by atoms with Crippen LogP contribution in [0.5, 0.6) is 0 Å². The molecule has 1 aliphatic carbocycles. The van der Waals surface area contributed by atoms with E-state index in [-0.39, 0.29) is 41.2 Å². The lowest BCUT2D eigenvalue weighted by Gasteiger charge is -2.26. The molecule has 1 aromatic carbocycles. The normalized spacial score (nSPS) is 14.1. The number of rotatable bonds is 8. The van der Waals surface area contributed by atoms with Crippen LogP contribution in [-0.4, -0.2) is 49.7 Å². The number of benzene rings is 1. The fraction of sp³-hybridized carbons (Fsp3) is 0.462. The number of hydrogen-bond donors (Lipinski definition) is 3. The summed E-state index contributed by atoms with van der Waals surface area (Å²) in [6.07, 6.45) is 1.78. The van der Waals surface area contributed by atoms with Gasteiger partial charge in [-0.3, -0.25) is 9.36 Å². The second kappa shape index (κ2) is 10.9. The molecule has 2 heterocycles. The number of amides is 1. The third kappa shape index (κ3) is 6.31. The number of hydrogen-bond acceptors (Lipinski definition) is 10. The van der Waals surface area contributed by atoms with Gasteiger partial charge in [0, 0.05) is 20.1 Å². The number of fused-ring (bicyclic) bond motifs is 1. The molecule has 4 rings (SSSR count). The van der Waals surface area contributed by atoms with Crippen LogP contribution in [0.15, 0.2) is 23.0 Å². The van der Waals surface area contributed by atoms with E-state index in [1.54, 1.807) is 50.6 Å². The van der Waals surface area contributed by atoms with E-state index >= 15 is 0 Å². The van der Waals surface area contributed by atoms with Crippen LogP contribution in [0.4, 0.5) is 22.4 Å². The van der Waals surface area contributed by atoms with Gasteiger partial charge in [-0.25, -0.2) is 9.78 Å². The number of carbonyl (C=O) groups excluding carboxylic acids is 1. The Balaban J connectivity index is 1.72. The lowest BCUT2D eigenvalue weighted by atomic mass is 10.1. The molecular formula is C26H32ClN9O3. The molecule has 1 amide bonds. The van der Waals surface area contributed by atoms with Crippen LogP contribution in [0.3, 0.4) is 0 Å². The molecule has 1 unspecified atom stereocenters. The molecule has 39 heavy (non-hydrogen) atoms. The minimum atomic E-state index is -0.617. The van der Waals surface area contributed by atoms with Crippen molar-refractivity contribution in [3.05, 3.63) is 45.0 Å². The topological polar surface area (TPSA) is 178 Å².